The number of hydrogen-bond donors (Lipinski definition) is 1. The molecule has 1 aromatic carbocycles. The van der Waals surface area contributed by atoms with Crippen molar-refractivity contribution in [1.29, 1.82) is 0 Å². The van der Waals surface area contributed by atoms with Crippen LogP contribution in [0.25, 0.3) is 10.1 Å². The van der Waals surface area contributed by atoms with Crippen LogP contribution in [0.1, 0.15) is 47.3 Å². The lowest BCUT2D eigenvalue weighted by atomic mass is 9.95. The molecule has 1 atom stereocenters. The highest BCUT2D eigenvalue weighted by atomic mass is 32.1. The van der Waals surface area contributed by atoms with Crippen LogP contribution in [0.3, 0.4) is 0 Å². The second-order valence-corrected chi connectivity index (χ2v) is 7.43. The molecule has 0 saturated carbocycles. The molecule has 0 aliphatic heterocycles. The Morgan fingerprint density at radius 3 is 2.68 bits per heavy atom. The third kappa shape index (κ3) is 3.74. The van der Waals surface area contributed by atoms with Gasteiger partial charge in [0.2, 0.25) is 0 Å². The van der Waals surface area contributed by atoms with E-state index in [1.807, 2.05) is 19.2 Å². The molecule has 3 rings (SSSR count). The van der Waals surface area contributed by atoms with Crippen LogP contribution in [0.2, 0.25) is 0 Å². The van der Waals surface area contributed by atoms with Crippen LogP contribution in [-0.4, -0.2) is 16.1 Å². The van der Waals surface area contributed by atoms with Crippen LogP contribution in [0.15, 0.2) is 35.7 Å². The van der Waals surface area contributed by atoms with Gasteiger partial charge in [0, 0.05) is 16.1 Å². The molecule has 0 aliphatic carbocycles. The van der Waals surface area contributed by atoms with E-state index in [2.05, 4.69) is 42.2 Å². The van der Waals surface area contributed by atoms with Gasteiger partial charge in [-0.05, 0) is 72.7 Å². The number of fused-ring (bicyclic) bond motifs is 1. The first kappa shape index (κ1) is 17.6. The molecule has 3 aromatic rings. The molecule has 4 heteroatoms. The number of carbonyl (C=O) groups is 1. The maximum atomic E-state index is 11.5. The standard InChI is InChI=1S/C21H23NO2S/c1-4-17(21(23)24)19-12-25-20-11-15(7-10-18(19)20)6-9-16-8-5-13(2)22-14(16)3/h5,7-8,10-12,17H,4,6,9H2,1-3H3,(H,23,24). The summed E-state index contributed by atoms with van der Waals surface area (Å²) in [5.74, 6) is -1.16. The molecule has 3 nitrogen and oxygen atoms in total. The SMILES string of the molecule is CCC(C(=O)O)c1csc2cc(CCc3ccc(C)nc3C)ccc12. The van der Waals surface area contributed by atoms with Crippen molar-refractivity contribution in [1.82, 2.24) is 4.98 Å². The van der Waals surface area contributed by atoms with Gasteiger partial charge in [-0.15, -0.1) is 11.3 Å². The van der Waals surface area contributed by atoms with Crippen molar-refractivity contribution in [3.8, 4) is 0 Å². The number of aromatic nitrogens is 1. The van der Waals surface area contributed by atoms with E-state index in [1.165, 1.54) is 15.8 Å². The Labute approximate surface area is 152 Å². The summed E-state index contributed by atoms with van der Waals surface area (Å²) in [6.07, 6.45) is 2.54. The highest BCUT2D eigenvalue weighted by Gasteiger charge is 2.21. The summed E-state index contributed by atoms with van der Waals surface area (Å²) in [5, 5.41) is 12.5. The summed E-state index contributed by atoms with van der Waals surface area (Å²) in [7, 11) is 0. The summed E-state index contributed by atoms with van der Waals surface area (Å²) >= 11 is 1.64. The maximum Gasteiger partial charge on any atom is 0.311 e. The highest BCUT2D eigenvalue weighted by Crippen LogP contribution is 2.34. The summed E-state index contributed by atoms with van der Waals surface area (Å²) in [6.45, 7) is 6.00. The van der Waals surface area contributed by atoms with Gasteiger partial charge in [0.1, 0.15) is 0 Å². The first-order valence-electron chi connectivity index (χ1n) is 8.65. The van der Waals surface area contributed by atoms with E-state index in [0.29, 0.717) is 6.42 Å². The van der Waals surface area contributed by atoms with Crippen LogP contribution in [0.5, 0.6) is 0 Å². The fourth-order valence-corrected chi connectivity index (χ4v) is 4.38. The molecule has 0 amide bonds. The van der Waals surface area contributed by atoms with E-state index in [1.54, 1.807) is 11.3 Å². The molecule has 0 radical (unpaired) electrons. The van der Waals surface area contributed by atoms with Gasteiger partial charge in [0.25, 0.3) is 0 Å². The lowest BCUT2D eigenvalue weighted by Crippen LogP contribution is -2.09. The summed E-state index contributed by atoms with van der Waals surface area (Å²) in [5.41, 5.74) is 5.67. The van der Waals surface area contributed by atoms with Gasteiger partial charge >= 0.3 is 5.97 Å². The number of carboxylic acids is 1. The Balaban J connectivity index is 1.81. The average Bonchev–Trinajstić information content (AvgIpc) is 2.97. The van der Waals surface area contributed by atoms with E-state index < -0.39 is 11.9 Å². The van der Waals surface area contributed by atoms with Gasteiger partial charge < -0.3 is 5.11 Å². The maximum absolute atomic E-state index is 11.5. The number of aliphatic carboxylic acids is 1. The third-order valence-electron chi connectivity index (χ3n) is 4.77. The number of aryl methyl sites for hydroxylation is 4. The Kier molecular flexibility index (Phi) is 5.19. The Morgan fingerprint density at radius 2 is 2.00 bits per heavy atom. The molecule has 1 N–H and O–H groups in total. The molecule has 0 fully saturated rings. The smallest absolute Gasteiger partial charge is 0.311 e. The minimum absolute atomic E-state index is 0.416. The predicted octanol–water partition coefficient (Wildman–Crippen LogP) is 5.28. The number of rotatable bonds is 6. The van der Waals surface area contributed by atoms with E-state index in [4.69, 9.17) is 0 Å². The fourth-order valence-electron chi connectivity index (χ4n) is 3.30. The molecule has 2 aromatic heterocycles. The molecule has 25 heavy (non-hydrogen) atoms. The van der Waals surface area contributed by atoms with Crippen LogP contribution in [-0.2, 0) is 17.6 Å². The largest absolute Gasteiger partial charge is 0.481 e. The molecule has 2 heterocycles. The monoisotopic (exact) mass is 353 g/mol. The predicted molar refractivity (Wildman–Crippen MR) is 104 cm³/mol. The van der Waals surface area contributed by atoms with Crippen LogP contribution < -0.4 is 0 Å². The summed E-state index contributed by atoms with van der Waals surface area (Å²) in [6, 6.07) is 10.6. The zero-order valence-corrected chi connectivity index (χ0v) is 15.7. The number of thiophene rings is 1. The fraction of sp³-hybridized carbons (Fsp3) is 0.333. The van der Waals surface area contributed by atoms with Crippen molar-refractivity contribution >= 4 is 27.4 Å². The Bertz CT molecular complexity index is 913. The lowest BCUT2D eigenvalue weighted by molar-refractivity contribution is -0.138. The molecule has 1 unspecified atom stereocenters. The van der Waals surface area contributed by atoms with Crippen molar-refractivity contribution in [2.45, 2.75) is 46.0 Å². The molecule has 0 aliphatic rings. The normalized spacial score (nSPS) is 12.4. The van der Waals surface area contributed by atoms with Crippen molar-refractivity contribution in [3.63, 3.8) is 0 Å². The Morgan fingerprint density at radius 1 is 1.20 bits per heavy atom. The quantitative estimate of drug-likeness (QED) is 0.656. The van der Waals surface area contributed by atoms with Gasteiger partial charge in [-0.3, -0.25) is 9.78 Å². The zero-order chi connectivity index (χ0) is 18.0. The minimum atomic E-state index is -0.742. The molecular weight excluding hydrogens is 330 g/mol. The van der Waals surface area contributed by atoms with Crippen LogP contribution in [0, 0.1) is 13.8 Å². The van der Waals surface area contributed by atoms with Crippen LogP contribution in [0.4, 0.5) is 0 Å². The van der Waals surface area contributed by atoms with Crippen molar-refractivity contribution < 1.29 is 9.90 Å². The molecule has 0 saturated heterocycles. The summed E-state index contributed by atoms with van der Waals surface area (Å²) < 4.78 is 1.17. The van der Waals surface area contributed by atoms with Crippen molar-refractivity contribution in [2.75, 3.05) is 0 Å². The van der Waals surface area contributed by atoms with E-state index >= 15 is 0 Å². The first-order chi connectivity index (χ1) is 12.0. The minimum Gasteiger partial charge on any atom is -0.481 e. The number of benzene rings is 1. The van der Waals surface area contributed by atoms with E-state index in [-0.39, 0.29) is 0 Å². The third-order valence-corrected chi connectivity index (χ3v) is 5.73. The van der Waals surface area contributed by atoms with Gasteiger partial charge in [-0.1, -0.05) is 25.1 Å². The number of pyridine rings is 1. The van der Waals surface area contributed by atoms with Crippen molar-refractivity contribution in [2.24, 2.45) is 0 Å². The topological polar surface area (TPSA) is 50.2 Å². The Hall–Kier alpha value is -2.20. The number of nitrogens with zero attached hydrogens (tertiary/aromatic N) is 1. The summed E-state index contributed by atoms with van der Waals surface area (Å²) in [4.78, 5) is 16.0. The first-order valence-corrected chi connectivity index (χ1v) is 9.53. The molecule has 0 bridgehead atoms. The second-order valence-electron chi connectivity index (χ2n) is 6.52. The molecule has 0 spiro atoms. The molecule has 130 valence electrons. The average molecular weight is 353 g/mol. The van der Waals surface area contributed by atoms with Gasteiger partial charge in [0.05, 0.1) is 5.92 Å². The van der Waals surface area contributed by atoms with Gasteiger partial charge in [-0.25, -0.2) is 0 Å². The van der Waals surface area contributed by atoms with Gasteiger partial charge in [-0.2, -0.15) is 0 Å². The number of carboxylic acid groups (broad SMARTS) is 1. The zero-order valence-electron chi connectivity index (χ0n) is 14.9. The lowest BCUT2D eigenvalue weighted by Gasteiger charge is -2.09. The molecular formula is C21H23NO2S. The van der Waals surface area contributed by atoms with E-state index in [0.717, 1.165) is 35.2 Å². The van der Waals surface area contributed by atoms with Crippen molar-refractivity contribution in [3.05, 3.63) is 63.8 Å². The van der Waals surface area contributed by atoms with Crippen LogP contribution >= 0.6 is 11.3 Å². The second kappa shape index (κ2) is 7.36. The number of hydrogen-bond acceptors (Lipinski definition) is 3. The van der Waals surface area contributed by atoms with E-state index in [9.17, 15) is 9.90 Å². The highest BCUT2D eigenvalue weighted by molar-refractivity contribution is 7.17. The van der Waals surface area contributed by atoms with Gasteiger partial charge in [0.15, 0.2) is 0 Å².